The fourth-order valence-corrected chi connectivity index (χ4v) is 3.35. The molecule has 2 rings (SSSR count). The molecule has 1 aliphatic rings. The summed E-state index contributed by atoms with van der Waals surface area (Å²) in [4.78, 5) is 37.1. The minimum atomic E-state index is -5.17. The highest BCUT2D eigenvalue weighted by Crippen LogP contribution is 2.37. The van der Waals surface area contributed by atoms with Gasteiger partial charge < -0.3 is 25.8 Å². The van der Waals surface area contributed by atoms with Gasteiger partial charge in [0.15, 0.2) is 11.6 Å². The first-order valence-electron chi connectivity index (χ1n) is 10.6. The Labute approximate surface area is 190 Å². The third-order valence-corrected chi connectivity index (χ3v) is 5.08. The summed E-state index contributed by atoms with van der Waals surface area (Å²) in [5, 5.41) is 4.50. The lowest BCUT2D eigenvalue weighted by atomic mass is 9.80. The predicted octanol–water partition coefficient (Wildman–Crippen LogP) is 3.14. The van der Waals surface area contributed by atoms with Crippen molar-refractivity contribution in [3.05, 3.63) is 23.8 Å². The van der Waals surface area contributed by atoms with Crippen LogP contribution in [0.2, 0.25) is 0 Å². The summed E-state index contributed by atoms with van der Waals surface area (Å²) in [5.41, 5.74) is 3.59. The molecule has 33 heavy (non-hydrogen) atoms. The standard InChI is InChI=1S/C22H30F3N3O5/c1-6-7-8-16(28-18(30)22(23,24)25)21(26,19(31)33-20(3,4)5)13-9-10-15-14(11-13)27-17(29)12(2)32-15/h9-12,16H,6-8,26H2,1-5H3,(H,27,29)(H,28,30). The van der Waals surface area contributed by atoms with Crippen LogP contribution in [0.1, 0.15) is 59.4 Å². The Morgan fingerprint density at radius 3 is 2.45 bits per heavy atom. The van der Waals surface area contributed by atoms with Crippen LogP contribution in [0, 0.1) is 0 Å². The van der Waals surface area contributed by atoms with E-state index in [0.717, 1.165) is 0 Å². The molecule has 0 saturated heterocycles. The second kappa shape index (κ2) is 9.58. The number of esters is 1. The van der Waals surface area contributed by atoms with Crippen LogP contribution in [-0.4, -0.2) is 41.7 Å². The SMILES string of the molecule is CCCCC(NC(=O)C(F)(F)F)C(N)(C(=O)OC(C)(C)C)c1ccc2c(c1)NC(=O)C(C)O2. The first kappa shape index (κ1) is 26.4. The molecule has 1 aromatic carbocycles. The molecular weight excluding hydrogens is 443 g/mol. The number of amides is 2. The van der Waals surface area contributed by atoms with Crippen molar-refractivity contribution in [3.8, 4) is 5.75 Å². The normalized spacial score (nSPS) is 18.8. The van der Waals surface area contributed by atoms with Crippen LogP contribution in [0.25, 0.3) is 0 Å². The number of carbonyl (C=O) groups is 3. The molecule has 4 N–H and O–H groups in total. The summed E-state index contributed by atoms with van der Waals surface area (Å²) in [7, 11) is 0. The van der Waals surface area contributed by atoms with Gasteiger partial charge in [-0.05, 0) is 51.8 Å². The summed E-state index contributed by atoms with van der Waals surface area (Å²) in [5.74, 6) is -3.37. The highest BCUT2D eigenvalue weighted by molar-refractivity contribution is 5.98. The molecule has 0 radical (unpaired) electrons. The highest BCUT2D eigenvalue weighted by atomic mass is 19.4. The number of carbonyl (C=O) groups excluding carboxylic acids is 3. The van der Waals surface area contributed by atoms with Crippen LogP contribution in [-0.2, 0) is 24.7 Å². The number of rotatable bonds is 7. The van der Waals surface area contributed by atoms with E-state index in [4.69, 9.17) is 15.2 Å². The van der Waals surface area contributed by atoms with Gasteiger partial charge in [-0.1, -0.05) is 25.8 Å². The minimum absolute atomic E-state index is 0.0228. The van der Waals surface area contributed by atoms with Crippen molar-refractivity contribution in [1.29, 1.82) is 0 Å². The average molecular weight is 473 g/mol. The van der Waals surface area contributed by atoms with E-state index in [2.05, 4.69) is 5.32 Å². The summed E-state index contributed by atoms with van der Waals surface area (Å²) >= 11 is 0. The molecule has 1 aliphatic heterocycles. The first-order chi connectivity index (χ1) is 15.1. The van der Waals surface area contributed by atoms with Gasteiger partial charge in [0.25, 0.3) is 5.91 Å². The summed E-state index contributed by atoms with van der Waals surface area (Å²) in [6.07, 6.45) is -4.99. The van der Waals surface area contributed by atoms with Gasteiger partial charge in [-0.2, -0.15) is 13.2 Å². The Bertz CT molecular complexity index is 914. The van der Waals surface area contributed by atoms with E-state index in [-0.39, 0.29) is 17.7 Å². The van der Waals surface area contributed by atoms with Gasteiger partial charge in [0.05, 0.1) is 11.7 Å². The molecule has 1 aromatic rings. The number of nitrogens with one attached hydrogen (secondary N) is 2. The van der Waals surface area contributed by atoms with Crippen molar-refractivity contribution in [3.63, 3.8) is 0 Å². The van der Waals surface area contributed by atoms with E-state index in [1.54, 1.807) is 34.6 Å². The van der Waals surface area contributed by atoms with Gasteiger partial charge in [0.2, 0.25) is 0 Å². The van der Waals surface area contributed by atoms with Gasteiger partial charge in [0, 0.05) is 0 Å². The third kappa shape index (κ3) is 6.16. The second-order valence-electron chi connectivity index (χ2n) is 9.00. The molecule has 0 fully saturated rings. The fourth-order valence-electron chi connectivity index (χ4n) is 3.35. The van der Waals surface area contributed by atoms with Crippen molar-refractivity contribution >= 4 is 23.5 Å². The molecule has 184 valence electrons. The summed E-state index contributed by atoms with van der Waals surface area (Å²) in [6.45, 7) is 8.11. The van der Waals surface area contributed by atoms with E-state index < -0.39 is 47.2 Å². The molecule has 8 nitrogen and oxygen atoms in total. The van der Waals surface area contributed by atoms with Crippen LogP contribution in [0.5, 0.6) is 5.75 Å². The number of anilines is 1. The summed E-state index contributed by atoms with van der Waals surface area (Å²) < 4.78 is 50.2. The lowest BCUT2D eigenvalue weighted by Crippen LogP contribution is -2.63. The smallest absolute Gasteiger partial charge is 0.471 e. The Hall–Kier alpha value is -2.82. The number of benzene rings is 1. The molecule has 3 atom stereocenters. The number of halogens is 3. The van der Waals surface area contributed by atoms with Gasteiger partial charge in [-0.25, -0.2) is 4.79 Å². The topological polar surface area (TPSA) is 120 Å². The number of alkyl halides is 3. The fraction of sp³-hybridized carbons (Fsp3) is 0.591. The van der Waals surface area contributed by atoms with Crippen molar-refractivity contribution in [2.45, 2.75) is 83.3 Å². The summed E-state index contributed by atoms with van der Waals surface area (Å²) in [6, 6.07) is 2.76. The van der Waals surface area contributed by atoms with E-state index in [1.165, 1.54) is 18.2 Å². The van der Waals surface area contributed by atoms with Crippen molar-refractivity contribution in [2.24, 2.45) is 5.73 Å². The Balaban J connectivity index is 2.61. The average Bonchev–Trinajstić information content (AvgIpc) is 2.68. The zero-order chi connectivity index (χ0) is 25.2. The maximum Gasteiger partial charge on any atom is 0.471 e. The largest absolute Gasteiger partial charge is 0.479 e. The van der Waals surface area contributed by atoms with Crippen molar-refractivity contribution in [1.82, 2.24) is 5.32 Å². The molecule has 1 heterocycles. The number of fused-ring (bicyclic) bond motifs is 1. The zero-order valence-corrected chi connectivity index (χ0v) is 19.3. The van der Waals surface area contributed by atoms with E-state index in [0.29, 0.717) is 18.6 Å². The lowest BCUT2D eigenvalue weighted by molar-refractivity contribution is -0.176. The van der Waals surface area contributed by atoms with Crippen LogP contribution in [0.4, 0.5) is 18.9 Å². The second-order valence-corrected chi connectivity index (χ2v) is 9.00. The third-order valence-electron chi connectivity index (χ3n) is 5.08. The number of unbranched alkanes of at least 4 members (excludes halogenated alkanes) is 1. The molecule has 0 saturated carbocycles. The van der Waals surface area contributed by atoms with Gasteiger partial charge in [0.1, 0.15) is 11.4 Å². The maximum absolute atomic E-state index is 13.3. The number of hydrogen-bond acceptors (Lipinski definition) is 6. The predicted molar refractivity (Wildman–Crippen MR) is 114 cm³/mol. The molecule has 3 unspecified atom stereocenters. The number of nitrogens with two attached hydrogens (primary N) is 1. The van der Waals surface area contributed by atoms with Crippen LogP contribution < -0.4 is 21.1 Å². The lowest BCUT2D eigenvalue weighted by Gasteiger charge is -2.39. The quantitative estimate of drug-likeness (QED) is 0.524. The van der Waals surface area contributed by atoms with Crippen LogP contribution in [0.15, 0.2) is 18.2 Å². The van der Waals surface area contributed by atoms with E-state index in [1.807, 2.05) is 5.32 Å². The number of hydrogen-bond donors (Lipinski definition) is 3. The van der Waals surface area contributed by atoms with E-state index >= 15 is 0 Å². The van der Waals surface area contributed by atoms with Gasteiger partial charge >= 0.3 is 18.1 Å². The Kier molecular flexibility index (Phi) is 7.67. The molecule has 0 aromatic heterocycles. The van der Waals surface area contributed by atoms with Crippen molar-refractivity contribution < 1.29 is 37.0 Å². The molecule has 0 spiro atoms. The van der Waals surface area contributed by atoms with E-state index in [9.17, 15) is 27.6 Å². The molecule has 0 aliphatic carbocycles. The molecular formula is C22H30F3N3O5. The van der Waals surface area contributed by atoms with Gasteiger partial charge in [-0.15, -0.1) is 0 Å². The molecule has 11 heteroatoms. The minimum Gasteiger partial charge on any atom is -0.479 e. The Morgan fingerprint density at radius 1 is 1.27 bits per heavy atom. The van der Waals surface area contributed by atoms with Crippen LogP contribution >= 0.6 is 0 Å². The molecule has 2 amide bonds. The maximum atomic E-state index is 13.3. The monoisotopic (exact) mass is 473 g/mol. The van der Waals surface area contributed by atoms with Crippen LogP contribution in [0.3, 0.4) is 0 Å². The zero-order valence-electron chi connectivity index (χ0n) is 19.3. The van der Waals surface area contributed by atoms with Gasteiger partial charge in [-0.3, -0.25) is 9.59 Å². The number of ether oxygens (including phenoxy) is 2. The van der Waals surface area contributed by atoms with Crippen molar-refractivity contribution in [2.75, 3.05) is 5.32 Å². The Morgan fingerprint density at radius 2 is 1.91 bits per heavy atom. The first-order valence-corrected chi connectivity index (χ1v) is 10.6. The highest BCUT2D eigenvalue weighted by Gasteiger charge is 2.50. The molecule has 0 bridgehead atoms.